The van der Waals surface area contributed by atoms with Gasteiger partial charge in [0.1, 0.15) is 5.75 Å². The average molecular weight is 370 g/mol. The maximum atomic E-state index is 12.6. The number of fused-ring (bicyclic) bond motifs is 1. The molecule has 1 aromatic carbocycles. The summed E-state index contributed by atoms with van der Waals surface area (Å²) in [6.07, 6.45) is 1.38. The van der Waals surface area contributed by atoms with E-state index in [1.807, 2.05) is 0 Å². The number of carbonyl (C=O) groups excluding carboxylic acids is 1. The standard InChI is InChI=1S/C15H16BrNO5/c16-9-5-6-11-10(8-9)13(19)14(17(20)21)15(22-11)7-3-1-2-4-12(15)18/h5-6,8,13-14,19H,1-4,7H2. The number of Topliss-reactive ketones (excluding diaryl/α,β-unsaturated/α-hetero) is 1. The van der Waals surface area contributed by atoms with Gasteiger partial charge in [-0.1, -0.05) is 22.4 Å². The highest BCUT2D eigenvalue weighted by Gasteiger charge is 2.61. The lowest BCUT2D eigenvalue weighted by Crippen LogP contribution is -2.61. The van der Waals surface area contributed by atoms with Crippen LogP contribution < -0.4 is 4.74 Å². The minimum Gasteiger partial charge on any atom is -0.472 e. The topological polar surface area (TPSA) is 89.7 Å². The first-order chi connectivity index (χ1) is 10.5. The van der Waals surface area contributed by atoms with Gasteiger partial charge < -0.3 is 9.84 Å². The van der Waals surface area contributed by atoms with Crippen LogP contribution in [-0.2, 0) is 4.79 Å². The zero-order valence-corrected chi connectivity index (χ0v) is 13.4. The number of carbonyl (C=O) groups is 1. The van der Waals surface area contributed by atoms with Gasteiger partial charge in [0.25, 0.3) is 6.04 Å². The molecule has 0 bridgehead atoms. The lowest BCUT2D eigenvalue weighted by Gasteiger charge is -2.40. The van der Waals surface area contributed by atoms with Crippen molar-refractivity contribution in [2.24, 2.45) is 0 Å². The van der Waals surface area contributed by atoms with Crippen LogP contribution in [0.3, 0.4) is 0 Å². The van der Waals surface area contributed by atoms with Gasteiger partial charge in [0.05, 0.1) is 0 Å². The summed E-state index contributed by atoms with van der Waals surface area (Å²) in [5.41, 5.74) is -1.21. The van der Waals surface area contributed by atoms with Gasteiger partial charge in [-0.15, -0.1) is 0 Å². The predicted octanol–water partition coefficient (Wildman–Crippen LogP) is 2.79. The van der Waals surface area contributed by atoms with E-state index in [1.54, 1.807) is 18.2 Å². The Kier molecular flexibility index (Phi) is 3.94. The molecule has 1 spiro atoms. The smallest absolute Gasteiger partial charge is 0.288 e. The van der Waals surface area contributed by atoms with Crippen LogP contribution >= 0.6 is 15.9 Å². The molecule has 3 atom stereocenters. The summed E-state index contributed by atoms with van der Waals surface area (Å²) in [6, 6.07) is 3.50. The van der Waals surface area contributed by atoms with Crippen molar-refractivity contribution in [2.75, 3.05) is 0 Å². The molecule has 1 heterocycles. The number of nitro groups is 1. The van der Waals surface area contributed by atoms with Crippen molar-refractivity contribution in [2.45, 2.75) is 49.9 Å². The second-order valence-corrected chi connectivity index (χ2v) is 6.75. The number of aliphatic hydroxyl groups is 1. The van der Waals surface area contributed by atoms with Gasteiger partial charge >= 0.3 is 0 Å². The van der Waals surface area contributed by atoms with Crippen molar-refractivity contribution in [3.63, 3.8) is 0 Å². The Balaban J connectivity index is 2.15. The number of ether oxygens (including phenoxy) is 1. The van der Waals surface area contributed by atoms with Crippen LogP contribution in [0.2, 0.25) is 0 Å². The Bertz CT molecular complexity index is 634. The fourth-order valence-electron chi connectivity index (χ4n) is 3.43. The van der Waals surface area contributed by atoms with Crippen molar-refractivity contribution in [3.8, 4) is 5.75 Å². The van der Waals surface area contributed by atoms with Crippen LogP contribution in [0.15, 0.2) is 22.7 Å². The van der Waals surface area contributed by atoms with Gasteiger partial charge in [0, 0.05) is 27.8 Å². The van der Waals surface area contributed by atoms with Gasteiger partial charge in [0.2, 0.25) is 5.60 Å². The molecule has 3 rings (SSSR count). The molecule has 6 nitrogen and oxygen atoms in total. The average Bonchev–Trinajstić information content (AvgIpc) is 2.63. The predicted molar refractivity (Wildman–Crippen MR) is 81.3 cm³/mol. The summed E-state index contributed by atoms with van der Waals surface area (Å²) < 4.78 is 6.57. The Morgan fingerprint density at radius 3 is 2.86 bits per heavy atom. The van der Waals surface area contributed by atoms with Gasteiger partial charge in [-0.2, -0.15) is 0 Å². The summed E-state index contributed by atoms with van der Waals surface area (Å²) in [5, 5.41) is 22.1. The van der Waals surface area contributed by atoms with Crippen LogP contribution in [0.1, 0.15) is 43.8 Å². The summed E-state index contributed by atoms with van der Waals surface area (Å²) >= 11 is 3.28. The molecule has 2 aliphatic rings. The number of nitrogens with zero attached hydrogens (tertiary/aromatic N) is 1. The van der Waals surface area contributed by atoms with E-state index in [9.17, 15) is 20.0 Å². The third-order valence-electron chi connectivity index (χ3n) is 4.51. The Hall–Kier alpha value is -1.47. The molecule has 3 unspecified atom stereocenters. The van der Waals surface area contributed by atoms with Gasteiger partial charge in [-0.05, 0) is 31.0 Å². The Labute approximate surface area is 135 Å². The number of ketones is 1. The largest absolute Gasteiger partial charge is 0.472 e. The van der Waals surface area contributed by atoms with E-state index in [0.29, 0.717) is 28.6 Å². The van der Waals surface area contributed by atoms with Crippen molar-refractivity contribution in [3.05, 3.63) is 38.3 Å². The SMILES string of the molecule is O=C1CCCCCC12Oc1ccc(Br)cc1C(O)C2[N+](=O)[O-]. The molecule has 1 saturated carbocycles. The number of aliphatic hydroxyl groups excluding tert-OH is 1. The lowest BCUT2D eigenvalue weighted by molar-refractivity contribution is -0.555. The normalized spacial score (nSPS) is 31.3. The second kappa shape index (κ2) is 5.62. The van der Waals surface area contributed by atoms with Crippen LogP contribution in [0, 0.1) is 10.1 Å². The second-order valence-electron chi connectivity index (χ2n) is 5.83. The monoisotopic (exact) mass is 369 g/mol. The number of benzene rings is 1. The zero-order valence-electron chi connectivity index (χ0n) is 11.8. The molecule has 1 aliphatic heterocycles. The van der Waals surface area contributed by atoms with Crippen molar-refractivity contribution < 1.29 is 19.6 Å². The highest BCUT2D eigenvalue weighted by molar-refractivity contribution is 9.10. The van der Waals surface area contributed by atoms with Crippen LogP contribution in [0.25, 0.3) is 0 Å². The number of halogens is 1. The molecule has 1 aliphatic carbocycles. The van der Waals surface area contributed by atoms with Gasteiger partial charge in [-0.25, -0.2) is 0 Å². The van der Waals surface area contributed by atoms with Gasteiger partial charge in [0.15, 0.2) is 11.9 Å². The molecule has 0 amide bonds. The van der Waals surface area contributed by atoms with Crippen LogP contribution in [0.4, 0.5) is 0 Å². The van der Waals surface area contributed by atoms with E-state index in [0.717, 1.165) is 6.42 Å². The molecule has 1 aromatic rings. The van der Waals surface area contributed by atoms with E-state index in [1.165, 1.54) is 0 Å². The van der Waals surface area contributed by atoms with Crippen molar-refractivity contribution in [1.29, 1.82) is 0 Å². The molecule has 0 saturated heterocycles. The number of rotatable bonds is 1. The van der Waals surface area contributed by atoms with E-state index in [2.05, 4.69) is 15.9 Å². The first kappa shape index (κ1) is 15.4. The summed E-state index contributed by atoms with van der Waals surface area (Å²) in [6.45, 7) is 0. The first-order valence-corrected chi connectivity index (χ1v) is 8.08. The zero-order chi connectivity index (χ0) is 15.9. The van der Waals surface area contributed by atoms with E-state index in [-0.39, 0.29) is 18.6 Å². The first-order valence-electron chi connectivity index (χ1n) is 7.29. The Morgan fingerprint density at radius 2 is 2.14 bits per heavy atom. The highest BCUT2D eigenvalue weighted by Crippen LogP contribution is 2.46. The Morgan fingerprint density at radius 1 is 1.36 bits per heavy atom. The molecule has 7 heteroatoms. The molecule has 118 valence electrons. The molecule has 0 radical (unpaired) electrons. The minimum atomic E-state index is -1.56. The molecular formula is C15H16BrNO5. The third-order valence-corrected chi connectivity index (χ3v) is 5.00. The van der Waals surface area contributed by atoms with Crippen LogP contribution in [0.5, 0.6) is 5.75 Å². The van der Waals surface area contributed by atoms with Crippen molar-refractivity contribution in [1.82, 2.24) is 0 Å². The summed E-state index contributed by atoms with van der Waals surface area (Å²) in [5.74, 6) is 0.0726. The maximum Gasteiger partial charge on any atom is 0.288 e. The van der Waals surface area contributed by atoms with E-state index < -0.39 is 22.7 Å². The van der Waals surface area contributed by atoms with Crippen LogP contribution in [-0.4, -0.2) is 27.5 Å². The summed E-state index contributed by atoms with van der Waals surface area (Å²) in [7, 11) is 0. The van der Waals surface area contributed by atoms with E-state index in [4.69, 9.17) is 4.74 Å². The fourth-order valence-corrected chi connectivity index (χ4v) is 3.81. The minimum absolute atomic E-state index is 0.253. The van der Waals surface area contributed by atoms with Crippen molar-refractivity contribution >= 4 is 21.7 Å². The maximum absolute atomic E-state index is 12.6. The molecular weight excluding hydrogens is 354 g/mol. The molecule has 0 aromatic heterocycles. The molecule has 1 fully saturated rings. The van der Waals surface area contributed by atoms with Gasteiger partial charge in [-0.3, -0.25) is 14.9 Å². The highest BCUT2D eigenvalue weighted by atomic mass is 79.9. The lowest BCUT2D eigenvalue weighted by atomic mass is 9.78. The quantitative estimate of drug-likeness (QED) is 0.607. The molecule has 1 N–H and O–H groups in total. The van der Waals surface area contributed by atoms with E-state index >= 15 is 0 Å². The fraction of sp³-hybridized carbons (Fsp3) is 0.533. The third kappa shape index (κ3) is 2.32. The number of hydrogen-bond acceptors (Lipinski definition) is 5. The number of hydrogen-bond donors (Lipinski definition) is 1. The summed E-state index contributed by atoms with van der Waals surface area (Å²) in [4.78, 5) is 23.6. The molecule has 22 heavy (non-hydrogen) atoms.